The van der Waals surface area contributed by atoms with E-state index < -0.39 is 5.97 Å². The highest BCUT2D eigenvalue weighted by Gasteiger charge is 2.27. The number of aromatic nitrogens is 2. The molecule has 0 radical (unpaired) electrons. The second kappa shape index (κ2) is 5.86. The third kappa shape index (κ3) is 2.94. The maximum atomic E-state index is 12.3. The summed E-state index contributed by atoms with van der Waals surface area (Å²) < 4.78 is 0. The van der Waals surface area contributed by atoms with E-state index in [2.05, 4.69) is 9.97 Å². The Kier molecular flexibility index (Phi) is 4.19. The number of H-pyrrole nitrogens is 1. The van der Waals surface area contributed by atoms with Crippen LogP contribution < -0.4 is 0 Å². The quantitative estimate of drug-likeness (QED) is 0.817. The van der Waals surface area contributed by atoms with Gasteiger partial charge in [-0.05, 0) is 12.8 Å². The number of amides is 1. The Labute approximate surface area is 111 Å². The second-order valence-corrected chi connectivity index (χ2v) is 4.99. The van der Waals surface area contributed by atoms with E-state index in [4.69, 9.17) is 5.11 Å². The first-order chi connectivity index (χ1) is 9.11. The lowest BCUT2D eigenvalue weighted by Crippen LogP contribution is -2.37. The molecule has 6 nitrogen and oxygen atoms in total. The van der Waals surface area contributed by atoms with Gasteiger partial charge in [-0.1, -0.05) is 25.7 Å². The van der Waals surface area contributed by atoms with Crippen LogP contribution in [0, 0.1) is 0 Å². The highest BCUT2D eigenvalue weighted by molar-refractivity contribution is 6.02. The summed E-state index contributed by atoms with van der Waals surface area (Å²) in [6, 6.07) is 0.188. The van der Waals surface area contributed by atoms with E-state index in [0.29, 0.717) is 0 Å². The highest BCUT2D eigenvalue weighted by atomic mass is 16.4. The molecule has 0 bridgehead atoms. The van der Waals surface area contributed by atoms with Crippen LogP contribution in [0.1, 0.15) is 59.5 Å². The summed E-state index contributed by atoms with van der Waals surface area (Å²) in [4.78, 5) is 31.3. The third-order valence-corrected chi connectivity index (χ3v) is 3.75. The molecule has 0 aliphatic heterocycles. The fourth-order valence-electron chi connectivity index (χ4n) is 2.60. The van der Waals surface area contributed by atoms with Crippen LogP contribution in [0.2, 0.25) is 0 Å². The van der Waals surface area contributed by atoms with Crippen LogP contribution in [0.25, 0.3) is 0 Å². The van der Waals surface area contributed by atoms with Gasteiger partial charge in [0.1, 0.15) is 0 Å². The Hall–Kier alpha value is -1.85. The van der Waals surface area contributed by atoms with E-state index in [9.17, 15) is 9.59 Å². The first kappa shape index (κ1) is 13.6. The fraction of sp³-hybridized carbons (Fsp3) is 0.615. The maximum absolute atomic E-state index is 12.3. The molecule has 1 aromatic heterocycles. The number of carboxylic acid groups (broad SMARTS) is 1. The van der Waals surface area contributed by atoms with Crippen LogP contribution in [0.4, 0.5) is 0 Å². The first-order valence-electron chi connectivity index (χ1n) is 6.65. The number of hydrogen-bond donors (Lipinski definition) is 2. The molecule has 1 fully saturated rings. The molecule has 1 aliphatic carbocycles. The molecule has 0 aromatic carbocycles. The SMILES string of the molecule is CN(C(=O)c1nc[nH]c1C(=O)O)C1CCCCCC1. The van der Waals surface area contributed by atoms with Crippen molar-refractivity contribution < 1.29 is 14.7 Å². The number of hydrogen-bond acceptors (Lipinski definition) is 3. The number of aromatic amines is 1. The molecule has 0 saturated heterocycles. The summed E-state index contributed by atoms with van der Waals surface area (Å²) in [5.41, 5.74) is -0.135. The van der Waals surface area contributed by atoms with E-state index >= 15 is 0 Å². The third-order valence-electron chi connectivity index (χ3n) is 3.75. The lowest BCUT2D eigenvalue weighted by Gasteiger charge is -2.26. The molecule has 0 unspecified atom stereocenters. The zero-order chi connectivity index (χ0) is 13.8. The Morgan fingerprint density at radius 2 is 1.95 bits per heavy atom. The predicted molar refractivity (Wildman–Crippen MR) is 69.1 cm³/mol. The lowest BCUT2D eigenvalue weighted by molar-refractivity contribution is 0.0657. The van der Waals surface area contributed by atoms with Crippen molar-refractivity contribution in [2.45, 2.75) is 44.6 Å². The van der Waals surface area contributed by atoms with Crippen LogP contribution in [-0.2, 0) is 0 Å². The number of aromatic carboxylic acids is 1. The van der Waals surface area contributed by atoms with Crippen molar-refractivity contribution in [2.75, 3.05) is 7.05 Å². The summed E-state index contributed by atoms with van der Waals surface area (Å²) in [7, 11) is 1.73. The zero-order valence-electron chi connectivity index (χ0n) is 11.1. The summed E-state index contributed by atoms with van der Waals surface area (Å²) in [6.07, 6.45) is 7.87. The maximum Gasteiger partial charge on any atom is 0.354 e. The topological polar surface area (TPSA) is 86.3 Å². The molecule has 2 rings (SSSR count). The van der Waals surface area contributed by atoms with E-state index in [0.717, 1.165) is 25.7 Å². The molecule has 1 amide bonds. The molecule has 6 heteroatoms. The van der Waals surface area contributed by atoms with Crippen molar-refractivity contribution in [2.24, 2.45) is 0 Å². The molecule has 1 saturated carbocycles. The molecule has 1 aliphatic rings. The number of carbonyl (C=O) groups is 2. The van der Waals surface area contributed by atoms with E-state index in [1.54, 1.807) is 11.9 Å². The van der Waals surface area contributed by atoms with Crippen LogP contribution in [-0.4, -0.2) is 44.9 Å². The molecule has 1 aromatic rings. The van der Waals surface area contributed by atoms with Gasteiger partial charge in [-0.2, -0.15) is 0 Å². The Balaban J connectivity index is 2.13. The second-order valence-electron chi connectivity index (χ2n) is 4.99. The van der Waals surface area contributed by atoms with Gasteiger partial charge in [-0.15, -0.1) is 0 Å². The van der Waals surface area contributed by atoms with Crippen LogP contribution in [0.3, 0.4) is 0 Å². The van der Waals surface area contributed by atoms with Gasteiger partial charge in [0.05, 0.1) is 6.33 Å². The summed E-state index contributed by atoms with van der Waals surface area (Å²) in [6.45, 7) is 0. The van der Waals surface area contributed by atoms with Gasteiger partial charge in [0.15, 0.2) is 11.4 Å². The van der Waals surface area contributed by atoms with E-state index in [-0.39, 0.29) is 23.3 Å². The first-order valence-corrected chi connectivity index (χ1v) is 6.65. The minimum Gasteiger partial charge on any atom is -0.477 e. The molecule has 1 heterocycles. The number of carbonyl (C=O) groups excluding carboxylic acids is 1. The van der Waals surface area contributed by atoms with Crippen molar-refractivity contribution >= 4 is 11.9 Å². The Morgan fingerprint density at radius 1 is 1.32 bits per heavy atom. The number of rotatable bonds is 3. The molecule has 0 spiro atoms. The van der Waals surface area contributed by atoms with Crippen LogP contribution in [0.5, 0.6) is 0 Å². The molecule has 19 heavy (non-hydrogen) atoms. The normalized spacial score (nSPS) is 16.9. The average Bonchev–Trinajstić information content (AvgIpc) is 2.73. The fourth-order valence-corrected chi connectivity index (χ4v) is 2.60. The molecule has 0 atom stereocenters. The number of carboxylic acids is 1. The van der Waals surface area contributed by atoms with Gasteiger partial charge >= 0.3 is 5.97 Å². The number of nitrogens with zero attached hydrogens (tertiary/aromatic N) is 2. The van der Waals surface area contributed by atoms with Gasteiger partial charge in [-0.25, -0.2) is 9.78 Å². The molecule has 2 N–H and O–H groups in total. The molecular weight excluding hydrogens is 246 g/mol. The largest absolute Gasteiger partial charge is 0.477 e. The van der Waals surface area contributed by atoms with Crippen LogP contribution >= 0.6 is 0 Å². The Morgan fingerprint density at radius 3 is 2.53 bits per heavy atom. The standard InChI is InChI=1S/C13H19N3O3/c1-16(9-6-4-2-3-5-7-9)12(17)10-11(13(18)19)15-8-14-10/h8-9H,2-7H2,1H3,(H,14,15)(H,18,19). The predicted octanol–water partition coefficient (Wildman–Crippen LogP) is 1.90. The van der Waals surface area contributed by atoms with Gasteiger partial charge in [0.2, 0.25) is 0 Å². The van der Waals surface area contributed by atoms with Gasteiger partial charge in [0.25, 0.3) is 5.91 Å². The number of nitrogens with one attached hydrogen (secondary N) is 1. The van der Waals surface area contributed by atoms with Gasteiger partial charge < -0.3 is 15.0 Å². The van der Waals surface area contributed by atoms with Crippen molar-refractivity contribution in [1.82, 2.24) is 14.9 Å². The van der Waals surface area contributed by atoms with Crippen molar-refractivity contribution in [3.05, 3.63) is 17.7 Å². The van der Waals surface area contributed by atoms with Crippen molar-refractivity contribution in [3.8, 4) is 0 Å². The minimum atomic E-state index is -1.16. The monoisotopic (exact) mass is 265 g/mol. The molecule has 104 valence electrons. The Bertz CT molecular complexity index is 461. The molecular formula is C13H19N3O3. The minimum absolute atomic E-state index is 0.000697. The van der Waals surface area contributed by atoms with E-state index in [1.165, 1.54) is 19.2 Å². The van der Waals surface area contributed by atoms with Gasteiger partial charge in [-0.3, -0.25) is 4.79 Å². The summed E-state index contributed by atoms with van der Waals surface area (Å²) in [5, 5.41) is 9.00. The summed E-state index contributed by atoms with van der Waals surface area (Å²) >= 11 is 0. The van der Waals surface area contributed by atoms with Crippen molar-refractivity contribution in [3.63, 3.8) is 0 Å². The van der Waals surface area contributed by atoms with E-state index in [1.807, 2.05) is 0 Å². The highest BCUT2D eigenvalue weighted by Crippen LogP contribution is 2.22. The number of imidazole rings is 1. The van der Waals surface area contributed by atoms with Crippen LogP contribution in [0.15, 0.2) is 6.33 Å². The van der Waals surface area contributed by atoms with Crippen molar-refractivity contribution in [1.29, 1.82) is 0 Å². The smallest absolute Gasteiger partial charge is 0.354 e. The average molecular weight is 265 g/mol. The summed E-state index contributed by atoms with van der Waals surface area (Å²) in [5.74, 6) is -1.47. The van der Waals surface area contributed by atoms with Gasteiger partial charge in [0, 0.05) is 13.1 Å². The lowest BCUT2D eigenvalue weighted by atomic mass is 10.1. The zero-order valence-corrected chi connectivity index (χ0v) is 11.1.